The molecule has 3 aromatic carbocycles. The molecule has 0 aliphatic rings. The predicted molar refractivity (Wildman–Crippen MR) is 122 cm³/mol. The van der Waals surface area contributed by atoms with Crippen molar-refractivity contribution >= 4 is 16.9 Å². The number of hydrogen-bond acceptors (Lipinski definition) is 3. The number of nitrogens with zero attached hydrogens (tertiary/aromatic N) is 2. The minimum Gasteiger partial charge on any atom is -0.350 e. The van der Waals surface area contributed by atoms with Gasteiger partial charge in [-0.15, -0.1) is 0 Å². The molecule has 0 unspecified atom stereocenters. The van der Waals surface area contributed by atoms with Gasteiger partial charge < -0.3 is 5.32 Å². The topological polar surface area (TPSA) is 54.9 Å². The fourth-order valence-electron chi connectivity index (χ4n) is 3.53. The van der Waals surface area contributed by atoms with E-state index in [-0.39, 0.29) is 11.9 Å². The summed E-state index contributed by atoms with van der Waals surface area (Å²) in [6.45, 7) is 8.04. The van der Waals surface area contributed by atoms with E-state index in [1.807, 2.05) is 38.1 Å². The molecule has 4 aromatic rings. The lowest BCUT2D eigenvalue weighted by Gasteiger charge is -2.13. The Morgan fingerprint density at radius 2 is 1.33 bits per heavy atom. The molecule has 0 saturated heterocycles. The van der Waals surface area contributed by atoms with Crippen molar-refractivity contribution in [3.8, 4) is 22.5 Å². The van der Waals surface area contributed by atoms with Gasteiger partial charge in [0.2, 0.25) is 0 Å². The Morgan fingerprint density at radius 3 is 1.87 bits per heavy atom. The van der Waals surface area contributed by atoms with Gasteiger partial charge in [0.1, 0.15) is 0 Å². The normalized spacial score (nSPS) is 11.1. The van der Waals surface area contributed by atoms with Gasteiger partial charge in [-0.2, -0.15) is 0 Å². The number of rotatable bonds is 4. The predicted octanol–water partition coefficient (Wildman–Crippen LogP) is 5.72. The number of fused-ring (bicyclic) bond motifs is 1. The van der Waals surface area contributed by atoms with Gasteiger partial charge in [-0.1, -0.05) is 47.5 Å². The molecule has 0 atom stereocenters. The van der Waals surface area contributed by atoms with Crippen LogP contribution < -0.4 is 5.32 Å². The number of aryl methyl sites for hydroxylation is 2. The molecular formula is C26H25N3O. The van der Waals surface area contributed by atoms with E-state index in [0.717, 1.165) is 33.6 Å². The molecule has 4 rings (SSSR count). The Hall–Kier alpha value is -3.53. The average Bonchev–Trinajstić information content (AvgIpc) is 2.72. The summed E-state index contributed by atoms with van der Waals surface area (Å²) in [5.74, 6) is -0.103. The summed E-state index contributed by atoms with van der Waals surface area (Å²) >= 11 is 0. The van der Waals surface area contributed by atoms with Crippen molar-refractivity contribution in [3.05, 3.63) is 83.4 Å². The van der Waals surface area contributed by atoms with Crippen molar-refractivity contribution < 1.29 is 4.79 Å². The molecule has 0 aliphatic carbocycles. The number of nitrogens with one attached hydrogen (secondary N) is 1. The molecule has 1 heterocycles. The monoisotopic (exact) mass is 395 g/mol. The first kappa shape index (κ1) is 19.8. The molecule has 0 fully saturated rings. The molecule has 0 aliphatic heterocycles. The van der Waals surface area contributed by atoms with Crippen molar-refractivity contribution in [1.29, 1.82) is 0 Å². The zero-order valence-electron chi connectivity index (χ0n) is 17.7. The molecular weight excluding hydrogens is 370 g/mol. The highest BCUT2D eigenvalue weighted by molar-refractivity contribution is 5.98. The molecule has 1 amide bonds. The summed E-state index contributed by atoms with van der Waals surface area (Å²) in [5.41, 5.74) is 8.10. The third-order valence-corrected chi connectivity index (χ3v) is 4.93. The summed E-state index contributed by atoms with van der Waals surface area (Å²) < 4.78 is 0. The van der Waals surface area contributed by atoms with Crippen LogP contribution >= 0.6 is 0 Å². The Morgan fingerprint density at radius 1 is 0.767 bits per heavy atom. The van der Waals surface area contributed by atoms with Crippen LogP contribution in [0.1, 0.15) is 35.3 Å². The Labute approximate surface area is 177 Å². The lowest BCUT2D eigenvalue weighted by molar-refractivity contribution is 0.0943. The minimum absolute atomic E-state index is 0.0748. The third kappa shape index (κ3) is 4.08. The quantitative estimate of drug-likeness (QED) is 0.481. The Bertz CT molecular complexity index is 1240. The Balaban J connectivity index is 1.93. The number of carbonyl (C=O) groups excluding carboxylic acids is 1. The molecule has 0 spiro atoms. The minimum atomic E-state index is -0.103. The van der Waals surface area contributed by atoms with Crippen LogP contribution in [-0.4, -0.2) is 21.9 Å². The first-order chi connectivity index (χ1) is 14.4. The summed E-state index contributed by atoms with van der Waals surface area (Å²) in [7, 11) is 0. The fourth-order valence-corrected chi connectivity index (χ4v) is 3.53. The second-order valence-electron chi connectivity index (χ2n) is 7.99. The largest absolute Gasteiger partial charge is 0.350 e. The summed E-state index contributed by atoms with van der Waals surface area (Å²) in [5, 5.41) is 2.93. The first-order valence-electron chi connectivity index (χ1n) is 10.2. The van der Waals surface area contributed by atoms with E-state index < -0.39 is 0 Å². The van der Waals surface area contributed by atoms with E-state index >= 15 is 0 Å². The number of aromatic nitrogens is 2. The van der Waals surface area contributed by atoms with E-state index in [0.29, 0.717) is 11.1 Å². The standard InChI is InChI=1S/C26H25N3O/c1-16(2)27-26(30)21-11-12-22-23(15-21)29-25(20-10-6-8-18(4)14-20)24(28-22)19-9-5-7-17(3)13-19/h5-16H,1-4H3,(H,27,30). The van der Waals surface area contributed by atoms with Crippen LogP contribution in [-0.2, 0) is 0 Å². The number of benzene rings is 3. The van der Waals surface area contributed by atoms with Crippen LogP contribution in [0.4, 0.5) is 0 Å². The highest BCUT2D eigenvalue weighted by Gasteiger charge is 2.15. The molecule has 0 radical (unpaired) electrons. The molecule has 30 heavy (non-hydrogen) atoms. The van der Waals surface area contributed by atoms with Crippen molar-refractivity contribution in [2.24, 2.45) is 0 Å². The molecule has 150 valence electrons. The second kappa shape index (κ2) is 8.07. The zero-order chi connectivity index (χ0) is 21.3. The maximum absolute atomic E-state index is 12.5. The molecule has 1 N–H and O–H groups in total. The number of hydrogen-bond donors (Lipinski definition) is 1. The SMILES string of the molecule is Cc1cccc(-c2nc3ccc(C(=O)NC(C)C)cc3nc2-c2cccc(C)c2)c1. The highest BCUT2D eigenvalue weighted by atomic mass is 16.1. The van der Waals surface area contributed by atoms with Crippen LogP contribution in [0.3, 0.4) is 0 Å². The average molecular weight is 396 g/mol. The lowest BCUT2D eigenvalue weighted by Crippen LogP contribution is -2.30. The first-order valence-corrected chi connectivity index (χ1v) is 10.2. The van der Waals surface area contributed by atoms with E-state index in [2.05, 4.69) is 55.6 Å². The van der Waals surface area contributed by atoms with Crippen molar-refractivity contribution in [1.82, 2.24) is 15.3 Å². The van der Waals surface area contributed by atoms with Crippen molar-refractivity contribution in [3.63, 3.8) is 0 Å². The molecule has 0 bridgehead atoms. The van der Waals surface area contributed by atoms with Gasteiger partial charge in [0.25, 0.3) is 5.91 Å². The Kier molecular flexibility index (Phi) is 5.32. The van der Waals surface area contributed by atoms with E-state index in [9.17, 15) is 4.79 Å². The third-order valence-electron chi connectivity index (χ3n) is 4.93. The second-order valence-corrected chi connectivity index (χ2v) is 7.99. The zero-order valence-corrected chi connectivity index (χ0v) is 17.7. The van der Waals surface area contributed by atoms with E-state index in [1.165, 1.54) is 5.56 Å². The van der Waals surface area contributed by atoms with Gasteiger partial charge in [0.05, 0.1) is 22.4 Å². The molecule has 4 nitrogen and oxygen atoms in total. The summed E-state index contributed by atoms with van der Waals surface area (Å²) in [6, 6.07) is 22.1. The van der Waals surface area contributed by atoms with Gasteiger partial charge in [0, 0.05) is 22.7 Å². The molecule has 4 heteroatoms. The van der Waals surface area contributed by atoms with Crippen LogP contribution in [0.5, 0.6) is 0 Å². The van der Waals surface area contributed by atoms with Gasteiger partial charge in [-0.3, -0.25) is 4.79 Å². The van der Waals surface area contributed by atoms with Gasteiger partial charge >= 0.3 is 0 Å². The molecule has 1 aromatic heterocycles. The molecule has 0 saturated carbocycles. The summed E-state index contributed by atoms with van der Waals surface area (Å²) in [4.78, 5) is 22.4. The van der Waals surface area contributed by atoms with Crippen molar-refractivity contribution in [2.75, 3.05) is 0 Å². The van der Waals surface area contributed by atoms with Gasteiger partial charge in [-0.05, 0) is 58.0 Å². The van der Waals surface area contributed by atoms with E-state index in [4.69, 9.17) is 9.97 Å². The van der Waals surface area contributed by atoms with Crippen LogP contribution in [0, 0.1) is 13.8 Å². The number of amides is 1. The fraction of sp³-hybridized carbons (Fsp3) is 0.192. The van der Waals surface area contributed by atoms with Crippen molar-refractivity contribution in [2.45, 2.75) is 33.7 Å². The van der Waals surface area contributed by atoms with Gasteiger partial charge in [-0.25, -0.2) is 9.97 Å². The lowest BCUT2D eigenvalue weighted by atomic mass is 10.0. The number of carbonyl (C=O) groups is 1. The van der Waals surface area contributed by atoms with Crippen LogP contribution in [0.25, 0.3) is 33.5 Å². The summed E-state index contributed by atoms with van der Waals surface area (Å²) in [6.07, 6.45) is 0. The maximum Gasteiger partial charge on any atom is 0.251 e. The highest BCUT2D eigenvalue weighted by Crippen LogP contribution is 2.32. The smallest absolute Gasteiger partial charge is 0.251 e. The van der Waals surface area contributed by atoms with Crippen LogP contribution in [0.2, 0.25) is 0 Å². The van der Waals surface area contributed by atoms with Crippen LogP contribution in [0.15, 0.2) is 66.7 Å². The maximum atomic E-state index is 12.5. The van der Waals surface area contributed by atoms with Gasteiger partial charge in [0.15, 0.2) is 0 Å². The van der Waals surface area contributed by atoms with E-state index in [1.54, 1.807) is 6.07 Å².